The van der Waals surface area contributed by atoms with Gasteiger partial charge in [-0.15, -0.1) is 0 Å². The van der Waals surface area contributed by atoms with Crippen LogP contribution in [0, 0.1) is 45.3 Å². The van der Waals surface area contributed by atoms with Gasteiger partial charge in [-0.25, -0.2) is 0 Å². The molecule has 17 nitrogen and oxygen atoms in total. The number of ketones is 2. The first-order chi connectivity index (χ1) is 29.7. The van der Waals surface area contributed by atoms with Crippen LogP contribution in [0.4, 0.5) is 0 Å². The Hall–Kier alpha value is -3.13. The quantitative estimate of drug-likeness (QED) is 0.120. The molecule has 0 aromatic carbocycles. The number of ether oxygens (including phenoxy) is 5. The van der Waals surface area contributed by atoms with Crippen LogP contribution in [0.5, 0.6) is 0 Å². The largest absolute Gasteiger partial charge is 0.454 e. The lowest BCUT2D eigenvalue weighted by Crippen LogP contribution is -2.79. The van der Waals surface area contributed by atoms with Gasteiger partial charge in [0.15, 0.2) is 28.9 Å². The van der Waals surface area contributed by atoms with E-state index < -0.39 is 146 Å². The molecule has 8 rings (SSSR count). The molecule has 17 heteroatoms. The molecule has 2 heterocycles. The predicted molar refractivity (Wildman–Crippen MR) is 227 cm³/mol. The number of hydrogen-bond acceptors (Lipinski definition) is 17. The lowest BCUT2D eigenvalue weighted by Gasteiger charge is -2.68. The van der Waals surface area contributed by atoms with Crippen molar-refractivity contribution in [1.29, 1.82) is 0 Å². The molecule has 4 saturated carbocycles. The summed E-state index contributed by atoms with van der Waals surface area (Å²) >= 11 is 0. The number of Topliss-reactive ketones (excluding diaryl/α,β-unsaturated/α-hetero) is 2. The summed E-state index contributed by atoms with van der Waals surface area (Å²) in [6.45, 7) is 20.9. The van der Waals surface area contributed by atoms with E-state index >= 15 is 0 Å². The van der Waals surface area contributed by atoms with E-state index in [2.05, 4.69) is 0 Å². The highest BCUT2D eigenvalue weighted by atomic mass is 16.6. The Morgan fingerprint density at radius 3 is 1.32 bits per heavy atom. The van der Waals surface area contributed by atoms with Gasteiger partial charge in [-0.05, 0) is 61.8 Å². The Bertz CT molecular complexity index is 2130. The minimum Gasteiger partial charge on any atom is -0.454 e. The maximum atomic E-state index is 14.4. The van der Waals surface area contributed by atoms with Gasteiger partial charge < -0.3 is 59.4 Å². The van der Waals surface area contributed by atoms with Crippen LogP contribution in [0.3, 0.4) is 0 Å². The first kappa shape index (κ1) is 49.8. The van der Waals surface area contributed by atoms with Crippen molar-refractivity contribution < 1.29 is 83.4 Å². The summed E-state index contributed by atoms with van der Waals surface area (Å²) in [7, 11) is 0. The first-order valence-electron chi connectivity index (χ1n) is 22.9. The van der Waals surface area contributed by atoms with E-state index in [1.165, 1.54) is 20.8 Å². The number of rotatable bonds is 3. The Morgan fingerprint density at radius 2 is 0.969 bits per heavy atom. The van der Waals surface area contributed by atoms with Crippen LogP contribution in [0.1, 0.15) is 116 Å². The second kappa shape index (κ2) is 15.4. The van der Waals surface area contributed by atoms with Crippen molar-refractivity contribution in [3.05, 3.63) is 22.3 Å². The smallest absolute Gasteiger partial charge is 0.303 e. The van der Waals surface area contributed by atoms with Gasteiger partial charge in [0.05, 0.1) is 59.7 Å². The lowest BCUT2D eigenvalue weighted by atomic mass is 9.42. The molecule has 7 N–H and O–H groups in total. The van der Waals surface area contributed by atoms with Crippen molar-refractivity contribution in [3.8, 4) is 0 Å². The molecule has 0 amide bonds. The Morgan fingerprint density at radius 1 is 0.600 bits per heavy atom. The first-order valence-corrected chi connectivity index (χ1v) is 22.9. The molecule has 4 bridgehead atoms. The summed E-state index contributed by atoms with van der Waals surface area (Å²) in [5.41, 5.74) is -9.18. The van der Waals surface area contributed by atoms with Crippen molar-refractivity contribution in [2.24, 2.45) is 45.3 Å². The molecular weight excluding hydrogens is 849 g/mol. The number of carbonyl (C=O) groups excluding carboxylic acids is 5. The minimum absolute atomic E-state index is 0.00175. The average Bonchev–Trinajstić information content (AvgIpc) is 3.18. The maximum absolute atomic E-state index is 14.4. The second-order valence-corrected chi connectivity index (χ2v) is 22.1. The van der Waals surface area contributed by atoms with E-state index in [1.54, 1.807) is 69.2 Å². The molecule has 18 atom stereocenters. The predicted octanol–water partition coefficient (Wildman–Crippen LogP) is 1.56. The van der Waals surface area contributed by atoms with E-state index in [1.807, 2.05) is 0 Å². The standard InChI is InChI=1S/C25H36O9.C23H34O8/c1-11-15(28)9-25(31)12(2)20-23(7,16(29)8-17-24(20,10-32-17)34-14(4)27)21(30)19(33-13(3)26)18(11)22(25,5)6;1-10-13(25)8-23(29)11(2)18-21(6,19(28)17(27)16(10)20(23,4)5)14(26)7-15-22(18,9-30-15)31-12(3)24/h12,15-17,19-20,28-29,31H,8-10H2,1-7H3;11,13-15,17-18,25-27,29H,7-9H2,1-6H3. The minimum atomic E-state index is -1.61. The zero-order valence-corrected chi connectivity index (χ0v) is 39.9. The molecule has 6 fully saturated rings. The fourth-order valence-corrected chi connectivity index (χ4v) is 15.0. The lowest BCUT2D eigenvalue weighted by molar-refractivity contribution is -0.338. The summed E-state index contributed by atoms with van der Waals surface area (Å²) < 4.78 is 28.6. The molecule has 18 unspecified atom stereocenters. The monoisotopic (exact) mass is 918 g/mol. The van der Waals surface area contributed by atoms with Crippen LogP contribution >= 0.6 is 0 Å². The third kappa shape index (κ3) is 6.31. The zero-order valence-electron chi connectivity index (χ0n) is 39.9. The van der Waals surface area contributed by atoms with Gasteiger partial charge in [-0.3, -0.25) is 24.0 Å². The fraction of sp³-hybridized carbons (Fsp3) is 0.812. The Kier molecular flexibility index (Phi) is 11.8. The summed E-state index contributed by atoms with van der Waals surface area (Å²) in [6, 6.07) is 0. The highest BCUT2D eigenvalue weighted by Crippen LogP contribution is 2.67. The normalized spacial score (nSPS) is 49.2. The average molecular weight is 919 g/mol. The number of carbonyl (C=O) groups is 5. The molecule has 364 valence electrons. The summed E-state index contributed by atoms with van der Waals surface area (Å²) in [5.74, 6) is -6.02. The molecule has 65 heavy (non-hydrogen) atoms. The third-order valence-electron chi connectivity index (χ3n) is 18.6. The van der Waals surface area contributed by atoms with Gasteiger partial charge in [0.1, 0.15) is 18.3 Å². The van der Waals surface area contributed by atoms with E-state index in [0.29, 0.717) is 22.3 Å². The number of aliphatic hydroxyl groups is 7. The van der Waals surface area contributed by atoms with Gasteiger partial charge in [0, 0.05) is 69.1 Å². The summed E-state index contributed by atoms with van der Waals surface area (Å²) in [4.78, 5) is 64.7. The van der Waals surface area contributed by atoms with Gasteiger partial charge in [-0.2, -0.15) is 0 Å². The SMILES string of the molecule is CC(=O)OC12COC1CC(O)C1(C)C(=O)C(O)C3=C(C)C(O)CC(O)(C(C)C21)C3(C)C.CC(=O)OC1C(=O)C2(C)C(O)CC3OCC3(OC(C)=O)C2C(C)C2(O)CC(O)C(C)=C1C2(C)C. The highest BCUT2D eigenvalue weighted by molar-refractivity contribution is 5.95. The fourth-order valence-electron chi connectivity index (χ4n) is 15.0. The Labute approximate surface area is 379 Å². The van der Waals surface area contributed by atoms with Gasteiger partial charge >= 0.3 is 17.9 Å². The third-order valence-corrected chi connectivity index (χ3v) is 18.6. The summed E-state index contributed by atoms with van der Waals surface area (Å²) in [6.07, 6.45) is -8.66. The van der Waals surface area contributed by atoms with Crippen molar-refractivity contribution >= 4 is 29.5 Å². The van der Waals surface area contributed by atoms with Gasteiger partial charge in [-0.1, -0.05) is 41.5 Å². The molecule has 2 aliphatic heterocycles. The van der Waals surface area contributed by atoms with Gasteiger partial charge in [0.25, 0.3) is 0 Å². The van der Waals surface area contributed by atoms with Gasteiger partial charge in [0.2, 0.25) is 0 Å². The molecule has 0 aromatic heterocycles. The molecule has 8 aliphatic rings. The zero-order chi connectivity index (χ0) is 48.9. The number of fused-ring (bicyclic) bond motifs is 10. The van der Waals surface area contributed by atoms with E-state index in [-0.39, 0.29) is 38.9 Å². The van der Waals surface area contributed by atoms with Crippen molar-refractivity contribution in [2.45, 2.75) is 187 Å². The molecular formula is C48H70O17. The summed E-state index contributed by atoms with van der Waals surface area (Å²) in [5, 5.41) is 80.0. The second-order valence-electron chi connectivity index (χ2n) is 22.1. The number of aliphatic hydroxyl groups excluding tert-OH is 5. The molecule has 2 saturated heterocycles. The maximum Gasteiger partial charge on any atom is 0.303 e. The van der Waals surface area contributed by atoms with Crippen LogP contribution < -0.4 is 0 Å². The number of esters is 3. The van der Waals surface area contributed by atoms with E-state index in [0.717, 1.165) is 0 Å². The Balaban J connectivity index is 0.000000195. The van der Waals surface area contributed by atoms with Crippen molar-refractivity contribution in [3.63, 3.8) is 0 Å². The highest BCUT2D eigenvalue weighted by Gasteiger charge is 2.78. The molecule has 0 radical (unpaired) electrons. The van der Waals surface area contributed by atoms with Crippen LogP contribution in [-0.2, 0) is 47.7 Å². The molecule has 6 aliphatic carbocycles. The van der Waals surface area contributed by atoms with Crippen molar-refractivity contribution in [2.75, 3.05) is 13.2 Å². The van der Waals surface area contributed by atoms with Crippen LogP contribution in [0.25, 0.3) is 0 Å². The molecule has 0 spiro atoms. The van der Waals surface area contributed by atoms with Crippen LogP contribution in [0.2, 0.25) is 0 Å². The van der Waals surface area contributed by atoms with E-state index in [4.69, 9.17) is 23.7 Å². The topological polar surface area (TPSA) is 273 Å². The van der Waals surface area contributed by atoms with Crippen LogP contribution in [0.15, 0.2) is 22.3 Å². The van der Waals surface area contributed by atoms with Crippen LogP contribution in [-0.4, -0.2) is 150 Å². The number of hydrogen-bond donors (Lipinski definition) is 7. The van der Waals surface area contributed by atoms with E-state index in [9.17, 15) is 59.7 Å². The molecule has 0 aromatic rings. The van der Waals surface area contributed by atoms with Crippen molar-refractivity contribution in [1.82, 2.24) is 0 Å².